The van der Waals surface area contributed by atoms with Crippen molar-refractivity contribution < 1.29 is 17.9 Å². The van der Waals surface area contributed by atoms with Gasteiger partial charge in [-0.25, -0.2) is 4.39 Å². The Hall–Kier alpha value is -0.780. The molecule has 0 aliphatic carbocycles. The van der Waals surface area contributed by atoms with Crippen molar-refractivity contribution in [3.05, 3.63) is 35.1 Å². The van der Waals surface area contributed by atoms with Crippen molar-refractivity contribution in [3.8, 4) is 0 Å². The highest BCUT2D eigenvalue weighted by Crippen LogP contribution is 2.32. The van der Waals surface area contributed by atoms with Gasteiger partial charge in [0.2, 0.25) is 0 Å². The van der Waals surface area contributed by atoms with Crippen molar-refractivity contribution in [2.75, 3.05) is 13.7 Å². The normalized spacial score (nSPS) is 13.1. The van der Waals surface area contributed by atoms with E-state index < -0.39 is 30.0 Å². The molecule has 0 aliphatic rings. The predicted octanol–water partition coefficient (Wildman–Crippen LogP) is 3.01. The average Bonchev–Trinajstić information content (AvgIpc) is 2.17. The molecule has 0 saturated carbocycles. The van der Waals surface area contributed by atoms with Crippen LogP contribution in [0.5, 0.6) is 0 Å². The van der Waals surface area contributed by atoms with Gasteiger partial charge in [-0.05, 0) is 13.0 Å². The zero-order chi connectivity index (χ0) is 12.3. The van der Waals surface area contributed by atoms with Crippen LogP contribution in [0.1, 0.15) is 24.1 Å². The lowest BCUT2D eigenvalue weighted by Gasteiger charge is -2.18. The number of nitrogens with two attached hydrogens (primary N) is 1. The summed E-state index contributed by atoms with van der Waals surface area (Å²) in [6, 6.07) is 3.17. The fourth-order valence-electron chi connectivity index (χ4n) is 1.44. The molecule has 0 saturated heterocycles. The molecule has 0 unspecified atom stereocenters. The van der Waals surface area contributed by atoms with E-state index >= 15 is 0 Å². The van der Waals surface area contributed by atoms with E-state index in [9.17, 15) is 13.2 Å². The Balaban J connectivity index is 0.00000256. The van der Waals surface area contributed by atoms with Gasteiger partial charge in [-0.1, -0.05) is 12.1 Å². The van der Waals surface area contributed by atoms with E-state index in [1.54, 1.807) is 0 Å². The highest BCUT2D eigenvalue weighted by atomic mass is 35.5. The van der Waals surface area contributed by atoms with Gasteiger partial charge in [-0.15, -0.1) is 12.4 Å². The fourth-order valence-corrected chi connectivity index (χ4v) is 1.44. The van der Waals surface area contributed by atoms with Crippen LogP contribution in [0.25, 0.3) is 0 Å². The molecule has 17 heavy (non-hydrogen) atoms. The minimum atomic E-state index is -3.34. The van der Waals surface area contributed by atoms with Crippen molar-refractivity contribution in [1.29, 1.82) is 0 Å². The molecule has 98 valence electrons. The molecule has 0 amide bonds. The summed E-state index contributed by atoms with van der Waals surface area (Å²) in [4.78, 5) is 0. The SMILES string of the molecule is COCC(F)(F)c1cccc([C@@H](C)N)c1F.Cl. The second-order valence-electron chi connectivity index (χ2n) is 3.63. The van der Waals surface area contributed by atoms with Crippen molar-refractivity contribution in [3.63, 3.8) is 0 Å². The maximum absolute atomic E-state index is 13.7. The Morgan fingerprint density at radius 1 is 1.41 bits per heavy atom. The van der Waals surface area contributed by atoms with Crippen LogP contribution in [0.15, 0.2) is 18.2 Å². The summed E-state index contributed by atoms with van der Waals surface area (Å²) in [6.07, 6.45) is 0. The summed E-state index contributed by atoms with van der Waals surface area (Å²) in [5.41, 5.74) is 4.88. The van der Waals surface area contributed by atoms with E-state index in [0.29, 0.717) is 0 Å². The van der Waals surface area contributed by atoms with E-state index in [2.05, 4.69) is 4.74 Å². The second kappa shape index (κ2) is 6.23. The van der Waals surface area contributed by atoms with Gasteiger partial charge >= 0.3 is 0 Å². The quantitative estimate of drug-likeness (QED) is 0.912. The van der Waals surface area contributed by atoms with Gasteiger partial charge in [0, 0.05) is 18.7 Å². The fraction of sp³-hybridized carbons (Fsp3) is 0.455. The zero-order valence-electron chi connectivity index (χ0n) is 9.54. The summed E-state index contributed by atoms with van der Waals surface area (Å²) >= 11 is 0. The first-order valence-corrected chi connectivity index (χ1v) is 4.81. The molecule has 2 nitrogen and oxygen atoms in total. The van der Waals surface area contributed by atoms with Crippen LogP contribution in [0.4, 0.5) is 13.2 Å². The molecule has 0 spiro atoms. The Labute approximate surface area is 104 Å². The molecule has 6 heteroatoms. The monoisotopic (exact) mass is 269 g/mol. The molecule has 1 aromatic carbocycles. The number of ether oxygens (including phenoxy) is 1. The first kappa shape index (κ1) is 16.2. The number of benzene rings is 1. The van der Waals surface area contributed by atoms with Gasteiger partial charge < -0.3 is 10.5 Å². The molecule has 1 rings (SSSR count). The van der Waals surface area contributed by atoms with E-state index in [0.717, 1.165) is 13.2 Å². The number of rotatable bonds is 4. The van der Waals surface area contributed by atoms with Crippen molar-refractivity contribution in [1.82, 2.24) is 0 Å². The van der Waals surface area contributed by atoms with Crippen LogP contribution in [0, 0.1) is 5.82 Å². The number of hydrogen-bond donors (Lipinski definition) is 1. The van der Waals surface area contributed by atoms with E-state index in [4.69, 9.17) is 5.73 Å². The highest BCUT2D eigenvalue weighted by Gasteiger charge is 2.35. The number of alkyl halides is 2. The number of hydrogen-bond acceptors (Lipinski definition) is 2. The molecule has 0 bridgehead atoms. The Morgan fingerprint density at radius 2 is 2.00 bits per heavy atom. The summed E-state index contributed by atoms with van der Waals surface area (Å²) < 4.78 is 45.0. The lowest BCUT2D eigenvalue weighted by molar-refractivity contribution is -0.0722. The predicted molar refractivity (Wildman–Crippen MR) is 62.0 cm³/mol. The Morgan fingerprint density at radius 3 is 2.47 bits per heavy atom. The van der Waals surface area contributed by atoms with Crippen LogP contribution in [-0.4, -0.2) is 13.7 Å². The minimum absolute atomic E-state index is 0. The van der Waals surface area contributed by atoms with E-state index in [-0.39, 0.29) is 18.0 Å². The molecular weight excluding hydrogens is 255 g/mol. The standard InChI is InChI=1S/C11H14F3NO.ClH/c1-7(15)8-4-3-5-9(10(8)12)11(13,14)6-16-2;/h3-5,7H,6,15H2,1-2H3;1H/t7-;/m1./s1. The van der Waals surface area contributed by atoms with Crippen LogP contribution in [0.2, 0.25) is 0 Å². The highest BCUT2D eigenvalue weighted by molar-refractivity contribution is 5.85. The molecule has 1 aromatic rings. The lowest BCUT2D eigenvalue weighted by Crippen LogP contribution is -2.23. The maximum atomic E-state index is 13.7. The molecule has 0 radical (unpaired) electrons. The minimum Gasteiger partial charge on any atom is -0.378 e. The van der Waals surface area contributed by atoms with Gasteiger partial charge in [0.05, 0.1) is 5.56 Å². The molecule has 1 atom stereocenters. The largest absolute Gasteiger partial charge is 0.378 e. The van der Waals surface area contributed by atoms with Crippen LogP contribution in [0.3, 0.4) is 0 Å². The van der Waals surface area contributed by atoms with Crippen LogP contribution in [-0.2, 0) is 10.7 Å². The van der Waals surface area contributed by atoms with Crippen molar-refractivity contribution >= 4 is 12.4 Å². The third-order valence-corrected chi connectivity index (χ3v) is 2.24. The Bertz CT molecular complexity index is 372. The molecule has 0 aromatic heterocycles. The summed E-state index contributed by atoms with van der Waals surface area (Å²) in [7, 11) is 1.14. The molecule has 0 aliphatic heterocycles. The first-order chi connectivity index (χ1) is 7.40. The van der Waals surface area contributed by atoms with Gasteiger partial charge in [0.25, 0.3) is 5.92 Å². The molecule has 0 heterocycles. The molecule has 2 N–H and O–H groups in total. The van der Waals surface area contributed by atoms with E-state index in [1.807, 2.05) is 0 Å². The summed E-state index contributed by atoms with van der Waals surface area (Å²) in [6.45, 7) is 0.684. The molecular formula is C11H15ClF3NO. The number of halogens is 4. The smallest absolute Gasteiger partial charge is 0.298 e. The molecule has 0 fully saturated rings. The Kier molecular flexibility index (Phi) is 5.95. The van der Waals surface area contributed by atoms with Crippen molar-refractivity contribution in [2.24, 2.45) is 5.73 Å². The van der Waals surface area contributed by atoms with Gasteiger partial charge in [-0.2, -0.15) is 8.78 Å². The maximum Gasteiger partial charge on any atom is 0.298 e. The van der Waals surface area contributed by atoms with Gasteiger partial charge in [-0.3, -0.25) is 0 Å². The van der Waals surface area contributed by atoms with Crippen LogP contribution >= 0.6 is 12.4 Å². The summed E-state index contributed by atoms with van der Waals surface area (Å²) in [5.74, 6) is -4.30. The zero-order valence-corrected chi connectivity index (χ0v) is 10.4. The third-order valence-electron chi connectivity index (χ3n) is 2.24. The second-order valence-corrected chi connectivity index (χ2v) is 3.63. The topological polar surface area (TPSA) is 35.2 Å². The summed E-state index contributed by atoms with van der Waals surface area (Å²) in [5, 5.41) is 0. The lowest BCUT2D eigenvalue weighted by atomic mass is 10.0. The third kappa shape index (κ3) is 3.59. The average molecular weight is 270 g/mol. The van der Waals surface area contributed by atoms with Gasteiger partial charge in [0.1, 0.15) is 12.4 Å². The van der Waals surface area contributed by atoms with Crippen LogP contribution < -0.4 is 5.73 Å². The van der Waals surface area contributed by atoms with Crippen molar-refractivity contribution in [2.45, 2.75) is 18.9 Å². The first-order valence-electron chi connectivity index (χ1n) is 4.81. The van der Waals surface area contributed by atoms with E-state index in [1.165, 1.54) is 19.1 Å². The van der Waals surface area contributed by atoms with Gasteiger partial charge in [0.15, 0.2) is 0 Å². The number of methoxy groups -OCH3 is 1.